The van der Waals surface area contributed by atoms with E-state index >= 15 is 0 Å². The number of aliphatic hydroxyl groups excluding tert-OH is 1. The molecule has 2 aliphatic rings. The minimum atomic E-state index is -0.422. The topological polar surface area (TPSA) is 49.3 Å². The molecule has 14 heavy (non-hydrogen) atoms. The van der Waals surface area contributed by atoms with E-state index in [-0.39, 0.29) is 5.76 Å². The van der Waals surface area contributed by atoms with E-state index in [0.29, 0.717) is 5.22 Å². The number of carbonyl (C=O) groups is 1. The third kappa shape index (κ3) is 0.738. The van der Waals surface area contributed by atoms with E-state index in [1.54, 1.807) is 6.07 Å². The first kappa shape index (κ1) is 7.38. The minimum Gasteiger partial charge on any atom is -0.503 e. The Hall–Kier alpha value is -2.03. The molecule has 0 saturated heterocycles. The second-order valence-corrected chi connectivity index (χ2v) is 3.32. The fourth-order valence-corrected chi connectivity index (χ4v) is 1.84. The summed E-state index contributed by atoms with van der Waals surface area (Å²) in [7, 11) is 0. The van der Waals surface area contributed by atoms with Gasteiger partial charge in [-0.25, -0.2) is 0 Å². The number of rotatable bonds is 0. The van der Waals surface area contributed by atoms with E-state index in [1.807, 2.05) is 24.3 Å². The summed E-state index contributed by atoms with van der Waals surface area (Å²) in [5.74, 6) is -0.614. The average molecular weight is 185 g/mol. The number of aliphatic hydroxyl groups is 1. The van der Waals surface area contributed by atoms with Gasteiger partial charge in [0.25, 0.3) is 5.91 Å². The molecule has 0 aromatic heterocycles. The van der Waals surface area contributed by atoms with Crippen molar-refractivity contribution in [2.75, 3.05) is 5.32 Å². The van der Waals surface area contributed by atoms with Crippen LogP contribution in [0.3, 0.4) is 0 Å². The molecule has 3 heteroatoms. The Bertz CT molecular complexity index is 596. The normalized spacial score (nSPS) is 16.3. The highest BCUT2D eigenvalue weighted by molar-refractivity contribution is 6.22. The van der Waals surface area contributed by atoms with Gasteiger partial charge in [-0.05, 0) is 11.3 Å². The molecule has 3 rings (SSSR count). The van der Waals surface area contributed by atoms with Crippen molar-refractivity contribution >= 4 is 29.5 Å². The summed E-state index contributed by atoms with van der Waals surface area (Å²) >= 11 is 0. The van der Waals surface area contributed by atoms with Gasteiger partial charge in [-0.15, -0.1) is 0 Å². The number of carbonyl (C=O) groups excluding carboxylic acids is 1. The van der Waals surface area contributed by atoms with Crippen molar-refractivity contribution in [2.24, 2.45) is 0 Å². The number of fused-ring (bicyclic) bond motifs is 3. The van der Waals surface area contributed by atoms with E-state index in [1.165, 1.54) is 0 Å². The highest BCUT2D eigenvalue weighted by Gasteiger charge is 2.21. The molecule has 1 aliphatic carbocycles. The number of benzene rings is 1. The third-order valence-electron chi connectivity index (χ3n) is 2.53. The highest BCUT2D eigenvalue weighted by Crippen LogP contribution is 2.16. The third-order valence-corrected chi connectivity index (χ3v) is 2.53. The van der Waals surface area contributed by atoms with Gasteiger partial charge in [-0.2, -0.15) is 0 Å². The summed E-state index contributed by atoms with van der Waals surface area (Å²) in [5.41, 5.74) is 1.69. The molecule has 1 heterocycles. The maximum atomic E-state index is 11.2. The number of nitrogens with one attached hydrogen (secondary N) is 1. The van der Waals surface area contributed by atoms with Gasteiger partial charge in [-0.3, -0.25) is 4.79 Å². The largest absolute Gasteiger partial charge is 0.503 e. The maximum absolute atomic E-state index is 11.2. The van der Waals surface area contributed by atoms with Crippen LogP contribution in [0, 0.1) is 0 Å². The molecule has 0 radical (unpaired) electrons. The fraction of sp³-hybridized carbons (Fsp3) is 0. The lowest BCUT2D eigenvalue weighted by molar-refractivity contribution is -0.112. The van der Waals surface area contributed by atoms with E-state index < -0.39 is 5.91 Å². The zero-order chi connectivity index (χ0) is 9.71. The molecule has 2 N–H and O–H groups in total. The predicted octanol–water partition coefficient (Wildman–Crippen LogP) is 0.112. The second kappa shape index (κ2) is 2.26. The van der Waals surface area contributed by atoms with Gasteiger partial charge >= 0.3 is 0 Å². The monoisotopic (exact) mass is 185 g/mol. The van der Waals surface area contributed by atoms with Crippen LogP contribution in [-0.2, 0) is 4.79 Å². The first-order valence-electron chi connectivity index (χ1n) is 4.33. The number of hydrogen-bond donors (Lipinski definition) is 2. The van der Waals surface area contributed by atoms with Gasteiger partial charge in [0.1, 0.15) is 0 Å². The van der Waals surface area contributed by atoms with E-state index in [9.17, 15) is 9.90 Å². The summed E-state index contributed by atoms with van der Waals surface area (Å²) in [6.07, 6.45) is 5.82. The van der Waals surface area contributed by atoms with Crippen LogP contribution in [0.1, 0.15) is 5.56 Å². The molecule has 0 atom stereocenters. The Balaban J connectivity index is 2.49. The molecular formula is C11H7NO2. The van der Waals surface area contributed by atoms with E-state index in [0.717, 1.165) is 16.5 Å². The molecule has 0 fully saturated rings. The number of anilines is 1. The summed E-state index contributed by atoms with van der Waals surface area (Å²) in [6.45, 7) is 0. The second-order valence-electron chi connectivity index (χ2n) is 3.32. The fourth-order valence-electron chi connectivity index (χ4n) is 1.84. The lowest BCUT2D eigenvalue weighted by atomic mass is 10.1. The summed E-state index contributed by atoms with van der Waals surface area (Å²) in [4.78, 5) is 11.2. The Morgan fingerprint density at radius 3 is 3.00 bits per heavy atom. The van der Waals surface area contributed by atoms with Crippen LogP contribution >= 0.6 is 0 Å². The molecule has 1 aromatic rings. The molecule has 68 valence electrons. The smallest absolute Gasteiger partial charge is 0.291 e. The average Bonchev–Trinajstić information content (AvgIpc) is 2.73. The Morgan fingerprint density at radius 1 is 1.29 bits per heavy atom. The van der Waals surface area contributed by atoms with Crippen LogP contribution in [0.2, 0.25) is 0 Å². The molecule has 3 nitrogen and oxygen atoms in total. The standard InChI is InChI=1S/C11H7NO2/c13-10-8-5-4-6-2-1-3-7(6)9(8)12-11(10)14/h1-5,13H,(H,12,14). The first-order valence-corrected chi connectivity index (χ1v) is 4.33. The predicted molar refractivity (Wildman–Crippen MR) is 53.9 cm³/mol. The Labute approximate surface area is 79.7 Å². The van der Waals surface area contributed by atoms with Crippen molar-refractivity contribution in [3.8, 4) is 0 Å². The Morgan fingerprint density at radius 2 is 2.14 bits per heavy atom. The van der Waals surface area contributed by atoms with Crippen molar-refractivity contribution in [1.29, 1.82) is 0 Å². The van der Waals surface area contributed by atoms with Gasteiger partial charge in [0.05, 0.1) is 5.69 Å². The number of hydrogen-bond acceptors (Lipinski definition) is 2. The summed E-state index contributed by atoms with van der Waals surface area (Å²) < 4.78 is 0. The van der Waals surface area contributed by atoms with Gasteiger partial charge < -0.3 is 10.4 Å². The van der Waals surface area contributed by atoms with Gasteiger partial charge in [0.15, 0.2) is 5.76 Å². The zero-order valence-corrected chi connectivity index (χ0v) is 7.24. The number of allylic oxidation sites excluding steroid dienone is 1. The molecule has 1 aromatic carbocycles. The summed E-state index contributed by atoms with van der Waals surface area (Å²) in [6, 6.07) is 3.65. The molecule has 1 amide bonds. The molecule has 0 unspecified atom stereocenters. The van der Waals surface area contributed by atoms with Crippen LogP contribution in [0.15, 0.2) is 18.2 Å². The van der Waals surface area contributed by atoms with Crippen LogP contribution in [0.25, 0.3) is 17.9 Å². The first-order chi connectivity index (χ1) is 6.77. The van der Waals surface area contributed by atoms with Gasteiger partial charge in [0.2, 0.25) is 0 Å². The van der Waals surface area contributed by atoms with E-state index in [2.05, 4.69) is 5.32 Å². The van der Waals surface area contributed by atoms with E-state index in [4.69, 9.17) is 0 Å². The minimum absolute atomic E-state index is 0.192. The molecule has 0 bridgehead atoms. The van der Waals surface area contributed by atoms with Crippen molar-refractivity contribution in [3.05, 3.63) is 34.2 Å². The lowest BCUT2D eigenvalue weighted by Crippen LogP contribution is -2.13. The van der Waals surface area contributed by atoms with Crippen LogP contribution in [0.4, 0.5) is 5.69 Å². The van der Waals surface area contributed by atoms with Crippen LogP contribution in [0.5, 0.6) is 0 Å². The highest BCUT2D eigenvalue weighted by atomic mass is 16.3. The van der Waals surface area contributed by atoms with Crippen molar-refractivity contribution < 1.29 is 9.90 Å². The molecule has 1 aliphatic heterocycles. The summed E-state index contributed by atoms with van der Waals surface area (Å²) in [5, 5.41) is 13.8. The molecule has 0 saturated carbocycles. The van der Waals surface area contributed by atoms with Crippen molar-refractivity contribution in [1.82, 2.24) is 0 Å². The lowest BCUT2D eigenvalue weighted by Gasteiger charge is -2.00. The molecular weight excluding hydrogens is 178 g/mol. The van der Waals surface area contributed by atoms with Crippen molar-refractivity contribution in [2.45, 2.75) is 0 Å². The molecule has 0 spiro atoms. The maximum Gasteiger partial charge on any atom is 0.291 e. The SMILES string of the molecule is O=C1Nc2c3c(ccc2=C1O)=CC=C3. The number of amides is 1. The zero-order valence-electron chi connectivity index (χ0n) is 7.24. The van der Waals surface area contributed by atoms with Gasteiger partial charge in [-0.1, -0.05) is 24.3 Å². The quantitative estimate of drug-likeness (QED) is 0.602. The van der Waals surface area contributed by atoms with Gasteiger partial charge in [0, 0.05) is 10.8 Å². The Kier molecular flexibility index (Phi) is 1.19. The van der Waals surface area contributed by atoms with Crippen LogP contribution in [-0.4, -0.2) is 11.0 Å². The van der Waals surface area contributed by atoms with Crippen LogP contribution < -0.4 is 15.8 Å². The van der Waals surface area contributed by atoms with Crippen molar-refractivity contribution in [3.63, 3.8) is 0 Å².